The summed E-state index contributed by atoms with van der Waals surface area (Å²) in [6.07, 6.45) is 8.20. The van der Waals surface area contributed by atoms with Crippen molar-refractivity contribution in [2.75, 3.05) is 26.2 Å². The number of aliphatic hydroxyl groups is 1. The van der Waals surface area contributed by atoms with Crippen LogP contribution in [0.5, 0.6) is 0 Å². The van der Waals surface area contributed by atoms with Crippen LogP contribution in [0.25, 0.3) is 0 Å². The third kappa shape index (κ3) is 8.42. The molecule has 0 aromatic rings. The summed E-state index contributed by atoms with van der Waals surface area (Å²) in [5.74, 6) is -1.09. The van der Waals surface area contributed by atoms with Crippen molar-refractivity contribution in [1.82, 2.24) is 0 Å². The summed E-state index contributed by atoms with van der Waals surface area (Å²) >= 11 is 0. The fourth-order valence-electron chi connectivity index (χ4n) is 3.19. The van der Waals surface area contributed by atoms with Crippen molar-refractivity contribution in [2.45, 2.75) is 66.2 Å². The first-order chi connectivity index (χ1) is 10.4. The summed E-state index contributed by atoms with van der Waals surface area (Å²) < 4.78 is 0.637. The van der Waals surface area contributed by atoms with Crippen LogP contribution in [0.15, 0.2) is 11.8 Å². The zero-order valence-corrected chi connectivity index (χ0v) is 14.9. The average Bonchev–Trinajstić information content (AvgIpc) is 2.44. The quantitative estimate of drug-likeness (QED) is 0.323. The van der Waals surface area contributed by atoms with E-state index < -0.39 is 11.9 Å². The van der Waals surface area contributed by atoms with Gasteiger partial charge in [0.2, 0.25) is 0 Å². The van der Waals surface area contributed by atoms with Crippen molar-refractivity contribution in [3.63, 3.8) is 0 Å². The Hall–Kier alpha value is -1.03. The van der Waals surface area contributed by atoms with Gasteiger partial charge in [-0.05, 0) is 31.8 Å². The van der Waals surface area contributed by atoms with Crippen molar-refractivity contribution in [3.05, 3.63) is 11.8 Å². The second-order valence-electron chi connectivity index (χ2n) is 6.54. The number of carboxylic acids is 1. The minimum Gasteiger partial charge on any atom is -0.550 e. The van der Waals surface area contributed by atoms with Crippen LogP contribution in [0.4, 0.5) is 0 Å². The highest BCUT2D eigenvalue weighted by Crippen LogP contribution is 2.17. The minimum atomic E-state index is -0.999. The lowest BCUT2D eigenvalue weighted by molar-refractivity contribution is -0.927. The van der Waals surface area contributed by atoms with Gasteiger partial charge in [-0.3, -0.25) is 0 Å². The molecule has 0 aromatic heterocycles. The van der Waals surface area contributed by atoms with Gasteiger partial charge in [0.25, 0.3) is 0 Å². The number of nitrogens with zero attached hydrogens (tertiary/aromatic N) is 1. The van der Waals surface area contributed by atoms with Crippen LogP contribution in [-0.4, -0.2) is 41.7 Å². The van der Waals surface area contributed by atoms with Gasteiger partial charge in [-0.2, -0.15) is 0 Å². The first-order valence-corrected chi connectivity index (χ1v) is 8.84. The second-order valence-corrected chi connectivity index (χ2v) is 6.54. The van der Waals surface area contributed by atoms with Gasteiger partial charge in [0.05, 0.1) is 19.6 Å². The highest BCUT2D eigenvalue weighted by atomic mass is 16.4. The van der Waals surface area contributed by atoms with Gasteiger partial charge < -0.3 is 19.5 Å². The van der Waals surface area contributed by atoms with Crippen molar-refractivity contribution >= 4 is 5.97 Å². The fraction of sp³-hybridized carbons (Fsp3) is 0.833. The molecular weight excluding hydrogens is 278 g/mol. The molecule has 4 heteroatoms. The first-order valence-electron chi connectivity index (χ1n) is 8.84. The van der Waals surface area contributed by atoms with Crippen molar-refractivity contribution in [3.8, 4) is 0 Å². The number of quaternary nitrogens is 1. The molecule has 1 atom stereocenters. The Kier molecular flexibility index (Phi) is 11.0. The summed E-state index contributed by atoms with van der Waals surface area (Å²) in [5, 5.41) is 21.4. The molecule has 0 aliphatic rings. The van der Waals surface area contributed by atoms with E-state index in [1.165, 1.54) is 12.8 Å². The molecular formula is C18H35NO3. The molecule has 0 aliphatic heterocycles. The number of allylic oxidation sites excluding steroid dienone is 1. The SMILES string of the molecule is CCCCC/C=C(\O)C[N+](CCC)(CCC)CC(C)C(=O)[O-]. The Bertz CT molecular complexity index is 333. The van der Waals surface area contributed by atoms with Crippen LogP contribution in [0.1, 0.15) is 66.2 Å². The minimum absolute atomic E-state index is 0.406. The van der Waals surface area contributed by atoms with Crippen LogP contribution in [0, 0.1) is 5.92 Å². The van der Waals surface area contributed by atoms with Crippen LogP contribution in [-0.2, 0) is 4.79 Å². The number of carbonyl (C=O) groups excluding carboxylic acids is 1. The summed E-state index contributed by atoms with van der Waals surface area (Å²) in [7, 11) is 0. The molecule has 0 bridgehead atoms. The molecule has 0 heterocycles. The second kappa shape index (κ2) is 11.5. The van der Waals surface area contributed by atoms with Crippen LogP contribution in [0.2, 0.25) is 0 Å². The summed E-state index contributed by atoms with van der Waals surface area (Å²) in [6, 6.07) is 0. The van der Waals surface area contributed by atoms with E-state index in [2.05, 4.69) is 20.8 Å². The number of hydrogen-bond donors (Lipinski definition) is 1. The van der Waals surface area contributed by atoms with Gasteiger partial charge >= 0.3 is 0 Å². The molecule has 0 spiro atoms. The highest BCUT2D eigenvalue weighted by Gasteiger charge is 2.29. The fourth-order valence-corrected chi connectivity index (χ4v) is 3.19. The molecule has 130 valence electrons. The lowest BCUT2D eigenvalue weighted by Gasteiger charge is -2.40. The van der Waals surface area contributed by atoms with E-state index in [0.29, 0.717) is 23.3 Å². The van der Waals surface area contributed by atoms with Crippen molar-refractivity contribution < 1.29 is 19.5 Å². The third-order valence-corrected chi connectivity index (χ3v) is 4.14. The Morgan fingerprint density at radius 3 is 2.18 bits per heavy atom. The number of carboxylic acid groups (broad SMARTS) is 1. The normalized spacial score (nSPS) is 14.1. The van der Waals surface area contributed by atoms with E-state index >= 15 is 0 Å². The average molecular weight is 313 g/mol. The molecule has 0 aromatic carbocycles. The third-order valence-electron chi connectivity index (χ3n) is 4.14. The van der Waals surface area contributed by atoms with Gasteiger partial charge in [-0.25, -0.2) is 0 Å². The smallest absolute Gasteiger partial charge is 0.143 e. The highest BCUT2D eigenvalue weighted by molar-refractivity contribution is 5.67. The predicted molar refractivity (Wildman–Crippen MR) is 89.3 cm³/mol. The number of hydrogen-bond acceptors (Lipinski definition) is 3. The zero-order valence-electron chi connectivity index (χ0n) is 14.9. The Morgan fingerprint density at radius 2 is 1.73 bits per heavy atom. The van der Waals surface area contributed by atoms with E-state index in [9.17, 15) is 15.0 Å². The summed E-state index contributed by atoms with van der Waals surface area (Å²) in [6.45, 7) is 10.9. The number of unbranched alkanes of at least 4 members (excludes halogenated alkanes) is 3. The van der Waals surface area contributed by atoms with Gasteiger partial charge in [0.15, 0.2) is 0 Å². The number of aliphatic hydroxyl groups excluding tert-OH is 1. The Morgan fingerprint density at radius 1 is 1.14 bits per heavy atom. The van der Waals surface area contributed by atoms with Crippen LogP contribution in [0.3, 0.4) is 0 Å². The molecule has 0 fully saturated rings. The lowest BCUT2D eigenvalue weighted by Crippen LogP contribution is -2.54. The maximum atomic E-state index is 11.1. The van der Waals surface area contributed by atoms with E-state index in [0.717, 1.165) is 38.8 Å². The Balaban J connectivity index is 4.91. The topological polar surface area (TPSA) is 60.4 Å². The number of rotatable bonds is 13. The predicted octanol–water partition coefficient (Wildman–Crippen LogP) is 3.03. The molecule has 0 aliphatic carbocycles. The largest absolute Gasteiger partial charge is 0.550 e. The lowest BCUT2D eigenvalue weighted by atomic mass is 10.1. The molecule has 22 heavy (non-hydrogen) atoms. The molecule has 0 saturated heterocycles. The van der Waals surface area contributed by atoms with Crippen molar-refractivity contribution in [2.24, 2.45) is 5.92 Å². The zero-order chi connectivity index (χ0) is 17.0. The van der Waals surface area contributed by atoms with Crippen LogP contribution < -0.4 is 5.11 Å². The molecule has 4 nitrogen and oxygen atoms in total. The summed E-state index contributed by atoms with van der Waals surface area (Å²) in [5.41, 5.74) is 0. The maximum Gasteiger partial charge on any atom is 0.143 e. The van der Waals surface area contributed by atoms with Crippen molar-refractivity contribution in [1.29, 1.82) is 0 Å². The first kappa shape index (κ1) is 21.0. The molecule has 0 radical (unpaired) electrons. The van der Waals surface area contributed by atoms with Gasteiger partial charge in [-0.15, -0.1) is 0 Å². The molecule has 0 rings (SSSR count). The maximum absolute atomic E-state index is 11.1. The number of carbonyl (C=O) groups is 1. The van der Waals surface area contributed by atoms with E-state index in [-0.39, 0.29) is 0 Å². The van der Waals surface area contributed by atoms with Gasteiger partial charge in [0, 0.05) is 11.9 Å². The summed E-state index contributed by atoms with van der Waals surface area (Å²) in [4.78, 5) is 11.1. The molecule has 1 N–H and O–H groups in total. The van der Waals surface area contributed by atoms with E-state index in [1.54, 1.807) is 6.92 Å². The number of aliphatic carboxylic acids is 1. The monoisotopic (exact) mass is 313 g/mol. The van der Waals surface area contributed by atoms with Crippen LogP contribution >= 0.6 is 0 Å². The van der Waals surface area contributed by atoms with Gasteiger partial charge in [-0.1, -0.05) is 40.5 Å². The standard InChI is InChI=1S/C18H35NO3/c1-5-8-9-10-11-17(20)15-19(12-6-2,13-7-3)14-16(4)18(21)22/h11,16H,5-10,12-15H2,1-4H3,(H-,20,21,22)/b17-11-. The molecule has 0 amide bonds. The Labute approximate surface area is 136 Å². The van der Waals surface area contributed by atoms with E-state index in [1.807, 2.05) is 6.08 Å². The molecule has 1 unspecified atom stereocenters. The van der Waals surface area contributed by atoms with Gasteiger partial charge in [0.1, 0.15) is 12.3 Å². The van der Waals surface area contributed by atoms with E-state index in [4.69, 9.17) is 0 Å². The molecule has 0 saturated carbocycles.